The number of hydrogen-bond donors (Lipinski definition) is 2. The van der Waals surface area contributed by atoms with Gasteiger partial charge in [0.25, 0.3) is 5.91 Å². The molecule has 0 atom stereocenters. The third-order valence-electron chi connectivity index (χ3n) is 5.67. The van der Waals surface area contributed by atoms with Gasteiger partial charge in [-0.25, -0.2) is 9.97 Å². The molecule has 0 aliphatic carbocycles. The number of nitrogens with one attached hydrogen (secondary N) is 1. The minimum Gasteiger partial charge on any atom is -0.493 e. The van der Waals surface area contributed by atoms with Crippen molar-refractivity contribution in [3.05, 3.63) is 71.2 Å². The molecule has 0 bridgehead atoms. The number of nitrogen functional groups attached to an aromatic ring is 1. The highest BCUT2D eigenvalue weighted by Crippen LogP contribution is 2.33. The number of hydrogen-bond acceptors (Lipinski definition) is 7. The number of fused-ring (bicyclic) bond motifs is 1. The molecule has 1 aliphatic heterocycles. The minimum atomic E-state index is -0.373. The fourth-order valence-electron chi connectivity index (χ4n) is 3.89. The van der Waals surface area contributed by atoms with Crippen molar-refractivity contribution in [1.29, 1.82) is 0 Å². The van der Waals surface area contributed by atoms with Gasteiger partial charge < -0.3 is 20.5 Å². The lowest BCUT2D eigenvalue weighted by Gasteiger charge is -2.29. The van der Waals surface area contributed by atoms with Gasteiger partial charge in [-0.05, 0) is 53.8 Å². The molecule has 3 N–H and O–H groups in total. The molecule has 1 aromatic heterocycles. The van der Waals surface area contributed by atoms with E-state index in [1.54, 1.807) is 14.2 Å². The lowest BCUT2D eigenvalue weighted by atomic mass is 9.98. The van der Waals surface area contributed by atoms with E-state index in [1.807, 2.05) is 24.3 Å². The molecule has 32 heavy (non-hydrogen) atoms. The Balaban J connectivity index is 1.33. The van der Waals surface area contributed by atoms with E-state index in [9.17, 15) is 4.79 Å². The van der Waals surface area contributed by atoms with E-state index in [-0.39, 0.29) is 17.4 Å². The summed E-state index contributed by atoms with van der Waals surface area (Å²) in [5, 5.41) is 2.81. The lowest BCUT2D eigenvalue weighted by molar-refractivity contribution is 0.102. The maximum absolute atomic E-state index is 12.3. The first kappa shape index (κ1) is 21.6. The summed E-state index contributed by atoms with van der Waals surface area (Å²) < 4.78 is 10.9. The normalized spacial score (nSPS) is 13.3. The number of methoxy groups -OCH3 is 2. The average molecular weight is 434 g/mol. The van der Waals surface area contributed by atoms with Crippen LogP contribution < -0.4 is 20.5 Å². The van der Waals surface area contributed by atoms with Gasteiger partial charge in [0.1, 0.15) is 0 Å². The molecule has 1 aliphatic rings. The number of aromatic nitrogens is 2. The van der Waals surface area contributed by atoms with Crippen molar-refractivity contribution >= 4 is 17.4 Å². The fourth-order valence-corrected chi connectivity index (χ4v) is 3.89. The quantitative estimate of drug-likeness (QED) is 0.591. The van der Waals surface area contributed by atoms with Crippen LogP contribution in [0.3, 0.4) is 0 Å². The van der Waals surface area contributed by atoms with Gasteiger partial charge in [-0.1, -0.05) is 12.1 Å². The highest BCUT2D eigenvalue weighted by atomic mass is 16.5. The largest absolute Gasteiger partial charge is 0.493 e. The molecule has 2 aromatic carbocycles. The summed E-state index contributed by atoms with van der Waals surface area (Å²) in [4.78, 5) is 22.7. The van der Waals surface area contributed by atoms with Crippen LogP contribution in [0.5, 0.6) is 11.5 Å². The van der Waals surface area contributed by atoms with E-state index in [2.05, 4.69) is 32.3 Å². The molecule has 2 heterocycles. The van der Waals surface area contributed by atoms with Crippen LogP contribution in [0.2, 0.25) is 0 Å². The number of nitrogens with two attached hydrogens (primary N) is 1. The molecule has 4 rings (SSSR count). The fraction of sp³-hybridized carbons (Fsp3) is 0.292. The molecule has 0 radical (unpaired) electrons. The first-order valence-corrected chi connectivity index (χ1v) is 10.5. The molecule has 3 aromatic rings. The Kier molecular flexibility index (Phi) is 6.51. The van der Waals surface area contributed by atoms with E-state index < -0.39 is 0 Å². The molecule has 8 heteroatoms. The van der Waals surface area contributed by atoms with Crippen molar-refractivity contribution in [2.24, 2.45) is 0 Å². The van der Waals surface area contributed by atoms with Gasteiger partial charge in [0.05, 0.1) is 14.2 Å². The molecule has 0 spiro atoms. The van der Waals surface area contributed by atoms with E-state index in [0.29, 0.717) is 5.69 Å². The highest BCUT2D eigenvalue weighted by molar-refractivity contribution is 6.05. The number of ether oxygens (including phenoxy) is 2. The second kappa shape index (κ2) is 9.65. The van der Waals surface area contributed by atoms with Crippen molar-refractivity contribution in [2.45, 2.75) is 19.4 Å². The first-order chi connectivity index (χ1) is 15.6. The molecule has 0 saturated carbocycles. The van der Waals surface area contributed by atoms with Crippen LogP contribution in [0.1, 0.15) is 27.2 Å². The van der Waals surface area contributed by atoms with Crippen molar-refractivity contribution in [1.82, 2.24) is 14.9 Å². The molecule has 0 fully saturated rings. The van der Waals surface area contributed by atoms with Crippen LogP contribution in [0, 0.1) is 0 Å². The van der Waals surface area contributed by atoms with E-state index in [1.165, 1.54) is 29.1 Å². The summed E-state index contributed by atoms with van der Waals surface area (Å²) in [6.07, 6.45) is 4.81. The smallest absolute Gasteiger partial charge is 0.278 e. The molecule has 0 unspecified atom stereocenters. The van der Waals surface area contributed by atoms with Crippen LogP contribution in [0.4, 0.5) is 11.5 Å². The summed E-state index contributed by atoms with van der Waals surface area (Å²) in [5.41, 5.74) is 10.3. The van der Waals surface area contributed by atoms with Crippen molar-refractivity contribution < 1.29 is 14.3 Å². The summed E-state index contributed by atoms with van der Waals surface area (Å²) in [7, 11) is 3.33. The van der Waals surface area contributed by atoms with Gasteiger partial charge in [-0.2, -0.15) is 0 Å². The number of anilines is 2. The van der Waals surface area contributed by atoms with E-state index in [4.69, 9.17) is 15.2 Å². The molecular formula is C24H27N5O3. The van der Waals surface area contributed by atoms with Crippen LogP contribution in [-0.4, -0.2) is 48.1 Å². The zero-order chi connectivity index (χ0) is 22.5. The number of rotatable bonds is 7. The summed E-state index contributed by atoms with van der Waals surface area (Å²) in [6, 6.07) is 12.0. The Bertz CT molecular complexity index is 1100. The molecular weight excluding hydrogens is 406 g/mol. The number of amides is 1. The van der Waals surface area contributed by atoms with Gasteiger partial charge in [-0.3, -0.25) is 9.69 Å². The third-order valence-corrected chi connectivity index (χ3v) is 5.67. The maximum Gasteiger partial charge on any atom is 0.278 e. The standard InChI is InChI=1S/C24H27N5O3/c1-31-20-13-17-8-12-29(15-18(17)14-21(20)32-2)11-7-16-3-5-19(6-4-16)28-24(30)22-23(25)27-10-9-26-22/h3-6,9-10,13-14H,7-8,11-12,15H2,1-2H3,(H2,25,27)(H,28,30). The molecule has 8 nitrogen and oxygen atoms in total. The SMILES string of the molecule is COc1cc2c(cc1OC)CN(CCc1ccc(NC(=O)c3nccnc3N)cc1)CC2. The van der Waals surface area contributed by atoms with E-state index >= 15 is 0 Å². The Morgan fingerprint density at radius 1 is 1.06 bits per heavy atom. The molecule has 0 saturated heterocycles. The second-order valence-electron chi connectivity index (χ2n) is 7.69. The summed E-state index contributed by atoms with van der Waals surface area (Å²) in [6.45, 7) is 2.86. The van der Waals surface area contributed by atoms with E-state index in [0.717, 1.165) is 44.0 Å². The maximum atomic E-state index is 12.3. The number of benzene rings is 2. The number of carbonyl (C=O) groups is 1. The Labute approximate surface area is 187 Å². The first-order valence-electron chi connectivity index (χ1n) is 10.5. The summed E-state index contributed by atoms with van der Waals surface area (Å²) in [5.74, 6) is 1.30. The van der Waals surface area contributed by atoms with Crippen LogP contribution >= 0.6 is 0 Å². The predicted octanol–water partition coefficient (Wildman–Crippen LogP) is 2.93. The zero-order valence-corrected chi connectivity index (χ0v) is 18.3. The second-order valence-corrected chi connectivity index (χ2v) is 7.69. The highest BCUT2D eigenvalue weighted by Gasteiger charge is 2.19. The summed E-state index contributed by atoms with van der Waals surface area (Å²) >= 11 is 0. The van der Waals surface area contributed by atoms with Crippen molar-refractivity contribution in [2.75, 3.05) is 38.4 Å². The lowest BCUT2D eigenvalue weighted by Crippen LogP contribution is -2.32. The van der Waals surface area contributed by atoms with Gasteiger partial charge in [0.2, 0.25) is 0 Å². The van der Waals surface area contributed by atoms with Gasteiger partial charge >= 0.3 is 0 Å². The third kappa shape index (κ3) is 4.81. The Morgan fingerprint density at radius 2 is 1.75 bits per heavy atom. The Morgan fingerprint density at radius 3 is 2.44 bits per heavy atom. The zero-order valence-electron chi connectivity index (χ0n) is 18.3. The van der Waals surface area contributed by atoms with Crippen LogP contribution in [-0.2, 0) is 19.4 Å². The van der Waals surface area contributed by atoms with Gasteiger partial charge in [0, 0.05) is 37.7 Å². The van der Waals surface area contributed by atoms with Crippen molar-refractivity contribution in [3.8, 4) is 11.5 Å². The van der Waals surface area contributed by atoms with Crippen molar-refractivity contribution in [3.63, 3.8) is 0 Å². The molecule has 166 valence electrons. The predicted molar refractivity (Wildman–Crippen MR) is 123 cm³/mol. The average Bonchev–Trinajstić information content (AvgIpc) is 2.82. The minimum absolute atomic E-state index is 0.112. The number of nitrogens with zero attached hydrogens (tertiary/aromatic N) is 3. The topological polar surface area (TPSA) is 103 Å². The monoisotopic (exact) mass is 433 g/mol. The van der Waals surface area contributed by atoms with Crippen LogP contribution in [0.15, 0.2) is 48.8 Å². The Hall–Kier alpha value is -3.65. The number of carbonyl (C=O) groups excluding carboxylic acids is 1. The molecule has 1 amide bonds. The van der Waals surface area contributed by atoms with Gasteiger partial charge in [0.15, 0.2) is 23.0 Å². The van der Waals surface area contributed by atoms with Crippen LogP contribution in [0.25, 0.3) is 0 Å². The van der Waals surface area contributed by atoms with Gasteiger partial charge in [-0.15, -0.1) is 0 Å².